The van der Waals surface area contributed by atoms with Gasteiger partial charge in [0, 0.05) is 35.5 Å². The predicted octanol–water partition coefficient (Wildman–Crippen LogP) is 6.26. The number of phenols is 2. The molecule has 0 amide bonds. The van der Waals surface area contributed by atoms with Crippen molar-refractivity contribution >= 4 is 35.7 Å². The molecule has 0 saturated heterocycles. The second kappa shape index (κ2) is 20.9. The molecule has 3 aromatic carbocycles. The molecular weight excluding hydrogens is 615 g/mol. The maximum Gasteiger partial charge on any atom is 2.00 e. The average Bonchev–Trinajstić information content (AvgIpc) is 2.93. The second-order valence-corrected chi connectivity index (χ2v) is 11.1. The molecule has 2 N–H and O–H groups in total. The Hall–Kier alpha value is -3.95. The Kier molecular flexibility index (Phi) is 19.1. The summed E-state index contributed by atoms with van der Waals surface area (Å²) in [7, 11) is 0. The zero-order valence-corrected chi connectivity index (χ0v) is 28.6. The number of aliphatic carboxylic acids is 2. The van der Waals surface area contributed by atoms with Gasteiger partial charge >= 0.3 is 16.8 Å². The normalized spacial score (nSPS) is 10.7. The first-order valence-corrected chi connectivity index (χ1v) is 14.9. The fraction of sp³-hybridized carbons (Fsp3) is 0.389. The molecule has 3 aromatic rings. The van der Waals surface area contributed by atoms with Crippen LogP contribution >= 0.6 is 0 Å². The molecular formula is C36H46CoN2O6. The summed E-state index contributed by atoms with van der Waals surface area (Å²) in [5, 5.41) is 39.4. The molecule has 0 aliphatic carbocycles. The van der Waals surface area contributed by atoms with Crippen LogP contribution in [0.25, 0.3) is 0 Å². The van der Waals surface area contributed by atoms with Crippen LogP contribution in [-0.2, 0) is 39.2 Å². The Morgan fingerprint density at radius 2 is 1.04 bits per heavy atom. The molecule has 0 aliphatic heterocycles. The minimum atomic E-state index is -1.08. The molecule has 0 atom stereocenters. The number of aliphatic imine (C=N–C) groups is 2. The molecule has 245 valence electrons. The van der Waals surface area contributed by atoms with Crippen molar-refractivity contribution in [3.8, 4) is 11.5 Å². The van der Waals surface area contributed by atoms with Crippen LogP contribution in [0.5, 0.6) is 11.5 Å². The first-order chi connectivity index (χ1) is 20.7. The summed E-state index contributed by atoms with van der Waals surface area (Å²) in [4.78, 5) is 27.1. The molecule has 3 rings (SSSR count). The molecule has 0 heterocycles. The van der Waals surface area contributed by atoms with Crippen LogP contribution in [0.4, 0.5) is 11.4 Å². The first kappa shape index (κ1) is 41.0. The van der Waals surface area contributed by atoms with E-state index in [-0.39, 0.29) is 28.6 Å². The van der Waals surface area contributed by atoms with E-state index in [9.17, 15) is 10.2 Å². The fourth-order valence-electron chi connectivity index (χ4n) is 4.37. The molecule has 0 saturated carbocycles. The first-order valence-electron chi connectivity index (χ1n) is 14.9. The van der Waals surface area contributed by atoms with E-state index in [4.69, 9.17) is 19.8 Å². The van der Waals surface area contributed by atoms with Gasteiger partial charge in [-0.15, -0.1) is 0 Å². The van der Waals surface area contributed by atoms with Crippen molar-refractivity contribution in [3.63, 3.8) is 0 Å². The van der Waals surface area contributed by atoms with E-state index in [0.717, 1.165) is 73.2 Å². The number of phenolic OH excluding ortho intramolecular Hbond substituents is 2. The Morgan fingerprint density at radius 1 is 0.711 bits per heavy atom. The van der Waals surface area contributed by atoms with Gasteiger partial charge < -0.3 is 30.0 Å². The largest absolute Gasteiger partial charge is 2.00 e. The van der Waals surface area contributed by atoms with Crippen LogP contribution in [0.3, 0.4) is 0 Å². The van der Waals surface area contributed by atoms with Gasteiger partial charge in [-0.05, 0) is 91.1 Å². The van der Waals surface area contributed by atoms with Crippen LogP contribution in [0.15, 0.2) is 58.5 Å². The van der Waals surface area contributed by atoms with Crippen molar-refractivity contribution in [1.82, 2.24) is 0 Å². The third-order valence-electron chi connectivity index (χ3n) is 6.31. The number of hydrogen-bond acceptors (Lipinski definition) is 8. The molecule has 1 radical (unpaired) electrons. The van der Waals surface area contributed by atoms with Gasteiger partial charge in [0.15, 0.2) is 0 Å². The van der Waals surface area contributed by atoms with E-state index in [2.05, 4.69) is 63.7 Å². The molecule has 0 fully saturated rings. The van der Waals surface area contributed by atoms with Crippen LogP contribution < -0.4 is 10.2 Å². The van der Waals surface area contributed by atoms with Gasteiger partial charge in [0.05, 0.1) is 11.4 Å². The van der Waals surface area contributed by atoms with Crippen molar-refractivity contribution in [2.24, 2.45) is 9.98 Å². The quantitative estimate of drug-likeness (QED) is 0.245. The molecule has 0 bridgehead atoms. The Bertz CT molecular complexity index is 1330. The van der Waals surface area contributed by atoms with Gasteiger partial charge in [-0.25, -0.2) is 0 Å². The number of carbonyl (C=O) groups is 2. The summed E-state index contributed by atoms with van der Waals surface area (Å²) in [6.45, 7) is 14.6. The number of rotatable bonds is 10. The number of carbonyl (C=O) groups excluding carboxylic acids is 2. The number of hydrogen-bond donors (Lipinski definition) is 2. The maximum absolute atomic E-state index is 10.8. The standard InChI is InChI=1S/C32H40N2O2.2C2H4O2.Co/c1-7-10-23-14-25(31(35)29(16-23)21(3)4)19-33-27-12-9-13-28(18-27)34-20-26-15-24(11-8-2)17-30(22(5)6)32(26)36;2*1-2(3)4;/h9,12-22,35-36H,7-8,10-11H2,1-6H3;2*1H3,(H,3,4);/q;;;+2/p-2. The molecule has 9 heteroatoms. The van der Waals surface area contributed by atoms with Crippen LogP contribution in [-0.4, -0.2) is 34.6 Å². The van der Waals surface area contributed by atoms with E-state index in [0.29, 0.717) is 11.5 Å². The van der Waals surface area contributed by atoms with E-state index < -0.39 is 11.9 Å². The van der Waals surface area contributed by atoms with Gasteiger partial charge in [-0.3, -0.25) is 9.98 Å². The minimum Gasteiger partial charge on any atom is -0.550 e. The second-order valence-electron chi connectivity index (χ2n) is 11.1. The molecule has 0 unspecified atom stereocenters. The number of aryl methyl sites for hydroxylation is 2. The Morgan fingerprint density at radius 3 is 1.33 bits per heavy atom. The maximum atomic E-state index is 10.8. The van der Waals surface area contributed by atoms with Crippen molar-refractivity contribution in [2.75, 3.05) is 0 Å². The van der Waals surface area contributed by atoms with Crippen molar-refractivity contribution in [1.29, 1.82) is 0 Å². The molecule has 45 heavy (non-hydrogen) atoms. The summed E-state index contributed by atoms with van der Waals surface area (Å²) in [6, 6.07) is 15.9. The van der Waals surface area contributed by atoms with Gasteiger partial charge in [0.25, 0.3) is 0 Å². The van der Waals surface area contributed by atoms with Crippen molar-refractivity contribution < 1.29 is 46.8 Å². The molecule has 8 nitrogen and oxygen atoms in total. The number of aromatic hydroxyl groups is 2. The number of nitrogens with zero attached hydrogens (tertiary/aromatic N) is 2. The molecule has 0 aromatic heterocycles. The summed E-state index contributed by atoms with van der Waals surface area (Å²) >= 11 is 0. The van der Waals surface area contributed by atoms with Crippen molar-refractivity contribution in [2.45, 2.75) is 92.9 Å². The van der Waals surface area contributed by atoms with E-state index in [1.54, 1.807) is 12.4 Å². The number of carboxylic acids is 2. The van der Waals surface area contributed by atoms with Gasteiger partial charge in [-0.2, -0.15) is 0 Å². The van der Waals surface area contributed by atoms with Crippen LogP contribution in [0.2, 0.25) is 0 Å². The Labute approximate surface area is 278 Å². The summed E-state index contributed by atoms with van der Waals surface area (Å²) in [6.07, 6.45) is 7.51. The summed E-state index contributed by atoms with van der Waals surface area (Å²) < 4.78 is 0. The fourth-order valence-corrected chi connectivity index (χ4v) is 4.37. The monoisotopic (exact) mass is 661 g/mol. The zero-order valence-electron chi connectivity index (χ0n) is 27.5. The third kappa shape index (κ3) is 15.1. The van der Waals surface area contributed by atoms with Crippen LogP contribution in [0.1, 0.15) is 113 Å². The molecule has 0 spiro atoms. The van der Waals surface area contributed by atoms with E-state index >= 15 is 0 Å². The average molecular weight is 662 g/mol. The minimum absolute atomic E-state index is 0. The smallest absolute Gasteiger partial charge is 0.550 e. The SMILES string of the molecule is CC(=O)[O-].CC(=O)[O-].CCCc1cc(C=Nc2cccc(N=Cc3cc(CCC)cc(C(C)C)c3O)c2)c(O)c(C(C)C)c1.[Co+2]. The van der Waals surface area contributed by atoms with Crippen molar-refractivity contribution in [3.05, 3.63) is 81.9 Å². The zero-order chi connectivity index (χ0) is 33.4. The van der Waals surface area contributed by atoms with Gasteiger partial charge in [0.1, 0.15) is 11.5 Å². The van der Waals surface area contributed by atoms with E-state index in [1.165, 1.54) is 11.1 Å². The summed E-state index contributed by atoms with van der Waals surface area (Å²) in [5.74, 6) is -1.11. The predicted molar refractivity (Wildman–Crippen MR) is 175 cm³/mol. The number of carboxylic acid groups (broad SMARTS) is 2. The van der Waals surface area contributed by atoms with Gasteiger partial charge in [-0.1, -0.05) is 72.6 Å². The van der Waals surface area contributed by atoms with Gasteiger partial charge in [0.2, 0.25) is 0 Å². The molecule has 0 aliphatic rings. The third-order valence-corrected chi connectivity index (χ3v) is 6.31. The number of benzene rings is 3. The Balaban J connectivity index is 0.00000192. The topological polar surface area (TPSA) is 145 Å². The summed E-state index contributed by atoms with van der Waals surface area (Å²) in [5.41, 5.74) is 7.30. The van der Waals surface area contributed by atoms with Crippen LogP contribution in [0, 0.1) is 0 Å². The van der Waals surface area contributed by atoms with E-state index in [1.807, 2.05) is 36.4 Å².